The molecule has 8 heteroatoms. The van der Waals surface area contributed by atoms with Gasteiger partial charge < -0.3 is 0 Å². The first-order chi connectivity index (χ1) is 14.7. The molecule has 0 atom stereocenters. The summed E-state index contributed by atoms with van der Waals surface area (Å²) in [7, 11) is 0. The average molecular weight is 461 g/mol. The lowest BCUT2D eigenvalue weighted by molar-refractivity contribution is -0.137. The molecule has 1 aromatic heterocycles. The smallest absolute Gasteiger partial charge is 0.279 e. The molecule has 1 amide bonds. The number of alkyl halides is 3. The number of hydrogen-bond acceptors (Lipinski definition) is 3. The third-order valence-corrected chi connectivity index (χ3v) is 6.29. The predicted molar refractivity (Wildman–Crippen MR) is 118 cm³/mol. The van der Waals surface area contributed by atoms with Crippen molar-refractivity contribution in [2.75, 3.05) is 4.90 Å². The molecule has 4 aromatic rings. The summed E-state index contributed by atoms with van der Waals surface area (Å²) >= 11 is 7.50. The summed E-state index contributed by atoms with van der Waals surface area (Å²) in [5.74, 6) is -0.558. The van der Waals surface area contributed by atoms with Crippen LogP contribution in [0.3, 0.4) is 0 Å². The van der Waals surface area contributed by atoms with Gasteiger partial charge in [-0.2, -0.15) is 13.2 Å². The molecule has 0 aliphatic rings. The summed E-state index contributed by atoms with van der Waals surface area (Å²) in [6.45, 7) is 2.01. The Kier molecular flexibility index (Phi) is 5.73. The monoisotopic (exact) mass is 460 g/mol. The number of hydrogen-bond donors (Lipinski definition) is 0. The fourth-order valence-corrected chi connectivity index (χ4v) is 4.36. The second kappa shape index (κ2) is 8.32. The van der Waals surface area contributed by atoms with Crippen molar-refractivity contribution in [1.82, 2.24) is 4.98 Å². The van der Waals surface area contributed by atoms with Gasteiger partial charge in [0.25, 0.3) is 5.91 Å². The standard InChI is InChI=1S/C23H16ClF3N2OS/c1-14-18(24)10-11-19-20(14)28-22(31-19)29(13-15-6-3-2-4-7-15)21(30)16-8-5-9-17(12-16)23(25,26)27/h2-12H,13H2,1H3. The molecular weight excluding hydrogens is 445 g/mol. The van der Waals surface area contributed by atoms with Crippen molar-refractivity contribution in [2.45, 2.75) is 19.6 Å². The van der Waals surface area contributed by atoms with Gasteiger partial charge in [0.1, 0.15) is 0 Å². The van der Waals surface area contributed by atoms with Crippen molar-refractivity contribution in [3.05, 3.63) is 94.0 Å². The van der Waals surface area contributed by atoms with Crippen LogP contribution in [0.2, 0.25) is 5.02 Å². The highest BCUT2D eigenvalue weighted by atomic mass is 35.5. The highest BCUT2D eigenvalue weighted by Gasteiger charge is 2.32. The first kappa shape index (κ1) is 21.3. The lowest BCUT2D eigenvalue weighted by Gasteiger charge is -2.20. The number of rotatable bonds is 4. The molecule has 0 aliphatic carbocycles. The Labute approximate surface area is 185 Å². The van der Waals surface area contributed by atoms with Gasteiger partial charge in [-0.1, -0.05) is 59.3 Å². The van der Waals surface area contributed by atoms with Gasteiger partial charge in [0, 0.05) is 10.6 Å². The highest BCUT2D eigenvalue weighted by molar-refractivity contribution is 7.22. The van der Waals surface area contributed by atoms with Gasteiger partial charge in [-0.3, -0.25) is 9.69 Å². The number of benzene rings is 3. The van der Waals surface area contributed by atoms with Crippen LogP contribution in [-0.2, 0) is 12.7 Å². The van der Waals surface area contributed by atoms with Gasteiger partial charge in [0.05, 0.1) is 22.3 Å². The summed E-state index contributed by atoms with van der Waals surface area (Å²) in [4.78, 5) is 19.4. The van der Waals surface area contributed by atoms with Crippen LogP contribution in [0.4, 0.5) is 18.3 Å². The Bertz CT molecular complexity index is 1250. The third-order valence-electron chi connectivity index (χ3n) is 4.83. The van der Waals surface area contributed by atoms with E-state index >= 15 is 0 Å². The third kappa shape index (κ3) is 4.43. The quantitative estimate of drug-likeness (QED) is 0.324. The van der Waals surface area contributed by atoms with E-state index in [0.717, 1.165) is 28.0 Å². The molecule has 1 heterocycles. The molecule has 0 aliphatic heterocycles. The average Bonchev–Trinajstić information content (AvgIpc) is 3.19. The molecule has 0 saturated heterocycles. The zero-order valence-electron chi connectivity index (χ0n) is 16.3. The van der Waals surface area contributed by atoms with E-state index in [2.05, 4.69) is 4.98 Å². The van der Waals surface area contributed by atoms with Crippen molar-refractivity contribution < 1.29 is 18.0 Å². The van der Waals surface area contributed by atoms with Gasteiger partial charge in [-0.25, -0.2) is 4.98 Å². The van der Waals surface area contributed by atoms with Crippen molar-refractivity contribution in [1.29, 1.82) is 0 Å². The first-order valence-electron chi connectivity index (χ1n) is 9.33. The number of aryl methyl sites for hydroxylation is 1. The van der Waals surface area contributed by atoms with Crippen LogP contribution >= 0.6 is 22.9 Å². The van der Waals surface area contributed by atoms with E-state index in [-0.39, 0.29) is 12.1 Å². The van der Waals surface area contributed by atoms with E-state index in [4.69, 9.17) is 11.6 Å². The Morgan fingerprint density at radius 1 is 1.06 bits per heavy atom. The molecule has 0 bridgehead atoms. The van der Waals surface area contributed by atoms with E-state index in [1.54, 1.807) is 6.07 Å². The minimum atomic E-state index is -4.54. The molecule has 158 valence electrons. The SMILES string of the molecule is Cc1c(Cl)ccc2sc(N(Cc3ccccc3)C(=O)c3cccc(C(F)(F)F)c3)nc12. The van der Waals surface area contributed by atoms with Crippen LogP contribution in [-0.4, -0.2) is 10.9 Å². The zero-order chi connectivity index (χ0) is 22.2. The van der Waals surface area contributed by atoms with Gasteiger partial charge in [0.15, 0.2) is 5.13 Å². The van der Waals surface area contributed by atoms with Crippen molar-refractivity contribution in [3.8, 4) is 0 Å². The first-order valence-corrected chi connectivity index (χ1v) is 10.5. The number of fused-ring (bicyclic) bond motifs is 1. The van der Waals surface area contributed by atoms with Gasteiger partial charge in [0.2, 0.25) is 0 Å². The molecular formula is C23H16ClF3N2OS. The number of carbonyl (C=O) groups excluding carboxylic acids is 1. The van der Waals surface area contributed by atoms with E-state index in [0.29, 0.717) is 15.7 Å². The minimum absolute atomic E-state index is 0.0558. The molecule has 0 spiro atoms. The molecule has 31 heavy (non-hydrogen) atoms. The van der Waals surface area contributed by atoms with Crippen LogP contribution in [0.1, 0.15) is 27.0 Å². The lowest BCUT2D eigenvalue weighted by Crippen LogP contribution is -2.30. The highest BCUT2D eigenvalue weighted by Crippen LogP contribution is 2.35. The molecule has 0 saturated carbocycles. The second-order valence-corrected chi connectivity index (χ2v) is 8.39. The Balaban J connectivity index is 1.80. The Morgan fingerprint density at radius 3 is 2.52 bits per heavy atom. The van der Waals surface area contributed by atoms with Crippen LogP contribution < -0.4 is 4.90 Å². The fraction of sp³-hybridized carbons (Fsp3) is 0.130. The number of aromatic nitrogens is 1. The molecule has 0 fully saturated rings. The minimum Gasteiger partial charge on any atom is -0.279 e. The van der Waals surface area contributed by atoms with E-state index in [9.17, 15) is 18.0 Å². The lowest BCUT2D eigenvalue weighted by atomic mass is 10.1. The van der Waals surface area contributed by atoms with Crippen LogP contribution in [0.25, 0.3) is 10.2 Å². The van der Waals surface area contributed by atoms with Gasteiger partial charge in [-0.15, -0.1) is 0 Å². The maximum absolute atomic E-state index is 13.4. The van der Waals surface area contributed by atoms with Crippen molar-refractivity contribution in [2.24, 2.45) is 0 Å². The van der Waals surface area contributed by atoms with E-state index in [1.807, 2.05) is 43.3 Å². The number of anilines is 1. The topological polar surface area (TPSA) is 33.2 Å². The number of thiazole rings is 1. The number of amides is 1. The largest absolute Gasteiger partial charge is 0.416 e. The fourth-order valence-electron chi connectivity index (χ4n) is 3.18. The van der Waals surface area contributed by atoms with Gasteiger partial charge in [-0.05, 0) is 48.4 Å². The number of carbonyl (C=O) groups is 1. The Morgan fingerprint density at radius 2 is 1.81 bits per heavy atom. The van der Waals surface area contributed by atoms with Crippen LogP contribution in [0.15, 0.2) is 66.7 Å². The number of halogens is 4. The van der Waals surface area contributed by atoms with E-state index in [1.165, 1.54) is 28.4 Å². The summed E-state index contributed by atoms with van der Waals surface area (Å²) in [6.07, 6.45) is -4.54. The normalized spacial score (nSPS) is 11.6. The van der Waals surface area contributed by atoms with Gasteiger partial charge >= 0.3 is 6.18 Å². The van der Waals surface area contributed by atoms with Crippen molar-refractivity contribution in [3.63, 3.8) is 0 Å². The van der Waals surface area contributed by atoms with E-state index < -0.39 is 17.6 Å². The van der Waals surface area contributed by atoms with Crippen LogP contribution in [0.5, 0.6) is 0 Å². The maximum atomic E-state index is 13.4. The molecule has 3 aromatic carbocycles. The number of nitrogens with zero attached hydrogens (tertiary/aromatic N) is 2. The van der Waals surface area contributed by atoms with Crippen LogP contribution in [0, 0.1) is 6.92 Å². The Hall–Kier alpha value is -2.90. The molecule has 3 nitrogen and oxygen atoms in total. The molecule has 0 radical (unpaired) electrons. The molecule has 0 unspecified atom stereocenters. The predicted octanol–water partition coefficient (Wildman–Crippen LogP) is 7.12. The summed E-state index contributed by atoms with van der Waals surface area (Å²) in [5, 5.41) is 0.954. The summed E-state index contributed by atoms with van der Waals surface area (Å²) < 4.78 is 40.4. The maximum Gasteiger partial charge on any atom is 0.416 e. The zero-order valence-corrected chi connectivity index (χ0v) is 17.9. The molecule has 0 N–H and O–H groups in total. The molecule has 4 rings (SSSR count). The van der Waals surface area contributed by atoms with Crippen molar-refractivity contribution >= 4 is 44.2 Å². The summed E-state index contributed by atoms with van der Waals surface area (Å²) in [5.41, 5.74) is 1.36. The summed E-state index contributed by atoms with van der Waals surface area (Å²) in [6, 6.07) is 17.2. The second-order valence-electron chi connectivity index (χ2n) is 6.97.